The van der Waals surface area contributed by atoms with Crippen LogP contribution in [-0.2, 0) is 6.54 Å². The molecule has 1 aromatic rings. The van der Waals surface area contributed by atoms with Gasteiger partial charge in [-0.2, -0.15) is 8.78 Å². The van der Waals surface area contributed by atoms with E-state index in [0.717, 1.165) is 30.5 Å². The van der Waals surface area contributed by atoms with Gasteiger partial charge in [-0.05, 0) is 38.3 Å². The first-order valence-corrected chi connectivity index (χ1v) is 6.43. The summed E-state index contributed by atoms with van der Waals surface area (Å²) < 4.78 is 26.3. The first-order chi connectivity index (χ1) is 8.70. The van der Waals surface area contributed by atoms with Gasteiger partial charge in [0.2, 0.25) is 0 Å². The molecule has 2 N–H and O–H groups in total. The molecule has 2 rings (SSSR count). The van der Waals surface area contributed by atoms with Crippen LogP contribution in [0.3, 0.4) is 0 Å². The molecule has 0 amide bonds. The second-order valence-electron chi connectivity index (χ2n) is 4.85. The lowest BCUT2D eigenvalue weighted by atomic mass is 9.95. The van der Waals surface area contributed by atoms with E-state index in [9.17, 15) is 8.78 Å². The van der Waals surface area contributed by atoms with Gasteiger partial charge in [-0.15, -0.1) is 24.8 Å². The molecule has 118 valence electrons. The van der Waals surface area contributed by atoms with Gasteiger partial charge in [-0.3, -0.25) is 9.47 Å². The van der Waals surface area contributed by atoms with Gasteiger partial charge in [0.1, 0.15) is 5.82 Å². The van der Waals surface area contributed by atoms with Crippen molar-refractivity contribution in [3.8, 4) is 0 Å². The van der Waals surface area contributed by atoms with Crippen molar-refractivity contribution in [2.45, 2.75) is 32.4 Å². The standard InChI is InChI=1S/C12H20F2N4.2ClH/c13-12(14)18-7-5-16-11(18)9-17-6-1-2-10(8-17)3-4-15;;/h5,7,10,12H,1-4,6,8-9,15H2;2*1H. The minimum absolute atomic E-state index is 0. The van der Waals surface area contributed by atoms with E-state index in [0.29, 0.717) is 24.8 Å². The molecule has 1 fully saturated rings. The van der Waals surface area contributed by atoms with Crippen LogP contribution in [0.25, 0.3) is 0 Å². The highest BCUT2D eigenvalue weighted by molar-refractivity contribution is 5.85. The predicted octanol–water partition coefficient (Wildman–Crippen LogP) is 2.68. The lowest BCUT2D eigenvalue weighted by Gasteiger charge is -2.32. The third-order valence-corrected chi connectivity index (χ3v) is 3.50. The lowest BCUT2D eigenvalue weighted by molar-refractivity contribution is 0.0618. The summed E-state index contributed by atoms with van der Waals surface area (Å²) in [6.07, 6.45) is 6.08. The van der Waals surface area contributed by atoms with Crippen molar-refractivity contribution in [3.05, 3.63) is 18.2 Å². The van der Waals surface area contributed by atoms with Gasteiger partial charge in [0.15, 0.2) is 0 Å². The van der Waals surface area contributed by atoms with E-state index >= 15 is 0 Å². The average molecular weight is 331 g/mol. The summed E-state index contributed by atoms with van der Waals surface area (Å²) >= 11 is 0. The van der Waals surface area contributed by atoms with Crippen molar-refractivity contribution in [1.82, 2.24) is 14.5 Å². The molecule has 1 aliphatic rings. The van der Waals surface area contributed by atoms with E-state index < -0.39 is 6.55 Å². The molecule has 0 aliphatic carbocycles. The van der Waals surface area contributed by atoms with Crippen LogP contribution in [0.15, 0.2) is 12.4 Å². The Kier molecular flexibility index (Phi) is 9.29. The second kappa shape index (κ2) is 9.50. The molecule has 1 aliphatic heterocycles. The summed E-state index contributed by atoms with van der Waals surface area (Å²) in [4.78, 5) is 6.22. The van der Waals surface area contributed by atoms with Gasteiger partial charge in [0.05, 0.1) is 6.54 Å². The van der Waals surface area contributed by atoms with E-state index in [4.69, 9.17) is 5.73 Å². The summed E-state index contributed by atoms with van der Waals surface area (Å²) in [6, 6.07) is 0. The Bertz CT molecular complexity index is 374. The molecular formula is C12H22Cl2F2N4. The van der Waals surface area contributed by atoms with E-state index in [-0.39, 0.29) is 24.8 Å². The largest absolute Gasteiger partial charge is 0.330 e. The molecule has 0 bridgehead atoms. The summed E-state index contributed by atoms with van der Waals surface area (Å²) in [5, 5.41) is 0. The van der Waals surface area contributed by atoms with Crippen LogP contribution in [0, 0.1) is 5.92 Å². The highest BCUT2D eigenvalue weighted by atomic mass is 35.5. The summed E-state index contributed by atoms with van der Waals surface area (Å²) in [5.74, 6) is 1.04. The maximum atomic E-state index is 12.7. The first kappa shape index (κ1) is 19.6. The van der Waals surface area contributed by atoms with Gasteiger partial charge in [0.25, 0.3) is 0 Å². The number of nitrogens with two attached hydrogens (primary N) is 1. The number of halogens is 4. The molecule has 1 aromatic heterocycles. The van der Waals surface area contributed by atoms with Crippen LogP contribution in [0.1, 0.15) is 31.6 Å². The number of nitrogens with zero attached hydrogens (tertiary/aromatic N) is 3. The minimum atomic E-state index is -2.51. The normalized spacial score (nSPS) is 19.5. The zero-order chi connectivity index (χ0) is 13.0. The van der Waals surface area contributed by atoms with E-state index in [1.807, 2.05) is 0 Å². The Morgan fingerprint density at radius 1 is 1.40 bits per heavy atom. The molecule has 4 nitrogen and oxygen atoms in total. The highest BCUT2D eigenvalue weighted by Crippen LogP contribution is 2.21. The zero-order valence-corrected chi connectivity index (χ0v) is 12.9. The molecule has 1 saturated heterocycles. The fourth-order valence-electron chi connectivity index (χ4n) is 2.61. The third kappa shape index (κ3) is 5.16. The SMILES string of the molecule is Cl.Cl.NCCC1CCCN(Cc2nccn2C(F)F)C1. The fraction of sp³-hybridized carbons (Fsp3) is 0.750. The fourth-order valence-corrected chi connectivity index (χ4v) is 2.61. The van der Waals surface area contributed by atoms with Crippen molar-refractivity contribution in [3.63, 3.8) is 0 Å². The van der Waals surface area contributed by atoms with Crippen LogP contribution in [0.2, 0.25) is 0 Å². The number of rotatable bonds is 5. The Morgan fingerprint density at radius 2 is 2.15 bits per heavy atom. The molecule has 2 heterocycles. The molecule has 8 heteroatoms. The maximum absolute atomic E-state index is 12.7. The number of piperidine rings is 1. The van der Waals surface area contributed by atoms with Gasteiger partial charge < -0.3 is 5.73 Å². The monoisotopic (exact) mass is 330 g/mol. The van der Waals surface area contributed by atoms with E-state index in [1.54, 1.807) is 0 Å². The van der Waals surface area contributed by atoms with Crippen LogP contribution in [-0.4, -0.2) is 34.1 Å². The lowest BCUT2D eigenvalue weighted by Crippen LogP contribution is -2.36. The van der Waals surface area contributed by atoms with Gasteiger partial charge >= 0.3 is 6.55 Å². The zero-order valence-electron chi connectivity index (χ0n) is 11.3. The second-order valence-corrected chi connectivity index (χ2v) is 4.85. The number of aromatic nitrogens is 2. The topological polar surface area (TPSA) is 47.1 Å². The Hall–Kier alpha value is -0.430. The summed E-state index contributed by atoms with van der Waals surface area (Å²) in [6.45, 7) is 0.583. The van der Waals surface area contributed by atoms with Crippen molar-refractivity contribution in [2.24, 2.45) is 11.7 Å². The van der Waals surface area contributed by atoms with Gasteiger partial charge in [-0.25, -0.2) is 4.98 Å². The van der Waals surface area contributed by atoms with E-state index in [1.165, 1.54) is 18.8 Å². The number of alkyl halides is 2. The molecule has 0 radical (unpaired) electrons. The van der Waals surface area contributed by atoms with Gasteiger partial charge in [-0.1, -0.05) is 0 Å². The highest BCUT2D eigenvalue weighted by Gasteiger charge is 2.21. The Morgan fingerprint density at radius 3 is 2.80 bits per heavy atom. The molecule has 20 heavy (non-hydrogen) atoms. The van der Waals surface area contributed by atoms with Crippen LogP contribution in [0.5, 0.6) is 0 Å². The molecule has 0 saturated carbocycles. The number of likely N-dealkylation sites (tertiary alicyclic amines) is 1. The van der Waals surface area contributed by atoms with Crippen LogP contribution < -0.4 is 5.73 Å². The quantitative estimate of drug-likeness (QED) is 0.902. The Balaban J connectivity index is 0.00000180. The van der Waals surface area contributed by atoms with Crippen molar-refractivity contribution in [1.29, 1.82) is 0 Å². The average Bonchev–Trinajstić information content (AvgIpc) is 2.78. The first-order valence-electron chi connectivity index (χ1n) is 6.43. The molecule has 1 unspecified atom stereocenters. The van der Waals surface area contributed by atoms with Crippen molar-refractivity contribution < 1.29 is 8.78 Å². The number of hydrogen-bond acceptors (Lipinski definition) is 3. The van der Waals surface area contributed by atoms with Crippen molar-refractivity contribution in [2.75, 3.05) is 19.6 Å². The summed E-state index contributed by atoms with van der Waals surface area (Å²) in [7, 11) is 0. The molecule has 1 atom stereocenters. The number of hydrogen-bond donors (Lipinski definition) is 1. The number of imidazole rings is 1. The van der Waals surface area contributed by atoms with E-state index in [2.05, 4.69) is 9.88 Å². The Labute approximate surface area is 130 Å². The van der Waals surface area contributed by atoms with Gasteiger partial charge in [0, 0.05) is 18.9 Å². The van der Waals surface area contributed by atoms with Crippen LogP contribution >= 0.6 is 24.8 Å². The molecular weight excluding hydrogens is 309 g/mol. The predicted molar refractivity (Wildman–Crippen MR) is 79.6 cm³/mol. The van der Waals surface area contributed by atoms with Crippen LogP contribution in [0.4, 0.5) is 8.78 Å². The summed E-state index contributed by atoms with van der Waals surface area (Å²) in [5.41, 5.74) is 5.57. The third-order valence-electron chi connectivity index (χ3n) is 3.50. The molecule has 0 spiro atoms. The minimum Gasteiger partial charge on any atom is -0.330 e. The molecule has 0 aromatic carbocycles. The maximum Gasteiger partial charge on any atom is 0.319 e. The van der Waals surface area contributed by atoms with Crippen molar-refractivity contribution >= 4 is 24.8 Å². The smallest absolute Gasteiger partial charge is 0.319 e.